The van der Waals surface area contributed by atoms with E-state index >= 15 is 0 Å². The predicted molar refractivity (Wildman–Crippen MR) is 80.0 cm³/mol. The fourth-order valence-corrected chi connectivity index (χ4v) is 2.37. The van der Waals surface area contributed by atoms with Crippen molar-refractivity contribution in [2.75, 3.05) is 13.2 Å². The smallest absolute Gasteiger partial charge is 0.124 e. The normalized spacial score (nSPS) is 11.3. The van der Waals surface area contributed by atoms with Crippen molar-refractivity contribution < 1.29 is 4.74 Å². The van der Waals surface area contributed by atoms with Gasteiger partial charge in [0.05, 0.1) is 23.5 Å². The molecule has 2 rings (SSSR count). The van der Waals surface area contributed by atoms with Gasteiger partial charge in [-0.15, -0.1) is 11.6 Å². The zero-order valence-electron chi connectivity index (χ0n) is 11.0. The molecule has 0 saturated heterocycles. The standard InChI is InChI=1S/C14H18Cl2N2O/c1-2-3-7-19-8-6-18-13-9-11(16)4-5-12(13)17-14(18)10-15/h4-5,9H,2-3,6-8,10H2,1H3. The van der Waals surface area contributed by atoms with E-state index < -0.39 is 0 Å². The van der Waals surface area contributed by atoms with Crippen LogP contribution in [0.15, 0.2) is 18.2 Å². The summed E-state index contributed by atoms with van der Waals surface area (Å²) in [6.07, 6.45) is 2.25. The highest BCUT2D eigenvalue weighted by Gasteiger charge is 2.10. The number of nitrogens with zero attached hydrogens (tertiary/aromatic N) is 2. The number of hydrogen-bond donors (Lipinski definition) is 0. The Kier molecular flexibility index (Phi) is 5.49. The number of rotatable bonds is 7. The van der Waals surface area contributed by atoms with Gasteiger partial charge in [0.25, 0.3) is 0 Å². The first-order chi connectivity index (χ1) is 9.26. The van der Waals surface area contributed by atoms with Gasteiger partial charge < -0.3 is 9.30 Å². The highest BCUT2D eigenvalue weighted by atomic mass is 35.5. The van der Waals surface area contributed by atoms with Crippen LogP contribution in [0.5, 0.6) is 0 Å². The lowest BCUT2D eigenvalue weighted by Crippen LogP contribution is -2.09. The number of hydrogen-bond acceptors (Lipinski definition) is 2. The third kappa shape index (κ3) is 3.62. The molecule has 5 heteroatoms. The van der Waals surface area contributed by atoms with Gasteiger partial charge in [-0.05, 0) is 24.6 Å². The quantitative estimate of drug-likeness (QED) is 0.565. The van der Waals surface area contributed by atoms with E-state index in [4.69, 9.17) is 27.9 Å². The van der Waals surface area contributed by atoms with Gasteiger partial charge in [0.15, 0.2) is 0 Å². The first-order valence-electron chi connectivity index (χ1n) is 6.54. The van der Waals surface area contributed by atoms with Crippen molar-refractivity contribution in [3.8, 4) is 0 Å². The van der Waals surface area contributed by atoms with Crippen LogP contribution >= 0.6 is 23.2 Å². The lowest BCUT2D eigenvalue weighted by atomic mass is 10.3. The van der Waals surface area contributed by atoms with Crippen LogP contribution in [0.25, 0.3) is 11.0 Å². The summed E-state index contributed by atoms with van der Waals surface area (Å²) in [7, 11) is 0. The van der Waals surface area contributed by atoms with E-state index in [1.54, 1.807) is 0 Å². The Morgan fingerprint density at radius 3 is 2.89 bits per heavy atom. The minimum atomic E-state index is 0.390. The van der Waals surface area contributed by atoms with E-state index in [1.807, 2.05) is 18.2 Å². The fourth-order valence-electron chi connectivity index (χ4n) is 2.00. The van der Waals surface area contributed by atoms with Crippen LogP contribution in [0.1, 0.15) is 25.6 Å². The largest absolute Gasteiger partial charge is 0.380 e. The molecular weight excluding hydrogens is 283 g/mol. The average Bonchev–Trinajstić information content (AvgIpc) is 2.76. The van der Waals surface area contributed by atoms with Crippen molar-refractivity contribution in [2.45, 2.75) is 32.2 Å². The summed E-state index contributed by atoms with van der Waals surface area (Å²) >= 11 is 12.0. The second-order valence-corrected chi connectivity index (χ2v) is 5.12. The molecule has 0 spiro atoms. The Bertz CT molecular complexity index is 539. The summed E-state index contributed by atoms with van der Waals surface area (Å²) in [6, 6.07) is 5.69. The number of aromatic nitrogens is 2. The molecule has 0 N–H and O–H groups in total. The molecule has 0 unspecified atom stereocenters. The highest BCUT2D eigenvalue weighted by Crippen LogP contribution is 2.21. The van der Waals surface area contributed by atoms with Gasteiger partial charge in [0.2, 0.25) is 0 Å². The minimum absolute atomic E-state index is 0.390. The van der Waals surface area contributed by atoms with E-state index in [2.05, 4.69) is 16.5 Å². The Balaban J connectivity index is 2.13. The molecule has 0 fully saturated rings. The van der Waals surface area contributed by atoms with Gasteiger partial charge in [-0.25, -0.2) is 4.98 Å². The zero-order valence-corrected chi connectivity index (χ0v) is 12.5. The SMILES string of the molecule is CCCCOCCn1c(CCl)nc2ccc(Cl)cc21. The maximum atomic E-state index is 6.04. The second-order valence-electron chi connectivity index (χ2n) is 4.41. The first-order valence-corrected chi connectivity index (χ1v) is 7.46. The van der Waals surface area contributed by atoms with Crippen LogP contribution in [0, 0.1) is 0 Å². The third-order valence-corrected chi connectivity index (χ3v) is 3.48. The van der Waals surface area contributed by atoms with Gasteiger partial charge >= 0.3 is 0 Å². The molecule has 19 heavy (non-hydrogen) atoms. The summed E-state index contributed by atoms with van der Waals surface area (Å²) in [5, 5.41) is 0.710. The van der Waals surface area contributed by atoms with Crippen LogP contribution in [-0.2, 0) is 17.2 Å². The molecule has 1 aromatic heterocycles. The molecule has 0 aliphatic carbocycles. The number of unbranched alkanes of at least 4 members (excludes halogenated alkanes) is 1. The molecule has 0 bridgehead atoms. The molecule has 3 nitrogen and oxygen atoms in total. The van der Waals surface area contributed by atoms with Crippen molar-refractivity contribution in [3.63, 3.8) is 0 Å². The Hall–Kier alpha value is -0.770. The number of imidazole rings is 1. The molecule has 0 aliphatic heterocycles. The van der Waals surface area contributed by atoms with E-state index in [1.165, 1.54) is 0 Å². The molecule has 1 heterocycles. The predicted octanol–water partition coefficient (Wildman–Crippen LogP) is 4.25. The molecular formula is C14H18Cl2N2O. The van der Waals surface area contributed by atoms with Gasteiger partial charge in [-0.1, -0.05) is 24.9 Å². The first kappa shape index (κ1) is 14.6. The third-order valence-electron chi connectivity index (χ3n) is 3.01. The highest BCUT2D eigenvalue weighted by molar-refractivity contribution is 6.31. The molecule has 0 aliphatic rings. The van der Waals surface area contributed by atoms with Crippen LogP contribution in [0.2, 0.25) is 5.02 Å². The molecule has 0 amide bonds. The minimum Gasteiger partial charge on any atom is -0.380 e. The lowest BCUT2D eigenvalue weighted by Gasteiger charge is -2.08. The van der Waals surface area contributed by atoms with Crippen molar-refractivity contribution in [1.29, 1.82) is 0 Å². The monoisotopic (exact) mass is 300 g/mol. The summed E-state index contributed by atoms with van der Waals surface area (Å²) in [5.74, 6) is 1.25. The van der Waals surface area contributed by atoms with E-state index in [0.29, 0.717) is 17.5 Å². The van der Waals surface area contributed by atoms with Gasteiger partial charge in [0.1, 0.15) is 5.82 Å². The zero-order chi connectivity index (χ0) is 13.7. The fraction of sp³-hybridized carbons (Fsp3) is 0.500. The van der Waals surface area contributed by atoms with Crippen molar-refractivity contribution in [3.05, 3.63) is 29.0 Å². The maximum absolute atomic E-state index is 6.04. The van der Waals surface area contributed by atoms with E-state index in [9.17, 15) is 0 Å². The van der Waals surface area contributed by atoms with Crippen LogP contribution in [0.4, 0.5) is 0 Å². The average molecular weight is 301 g/mol. The van der Waals surface area contributed by atoms with Crippen LogP contribution in [0.3, 0.4) is 0 Å². The van der Waals surface area contributed by atoms with Gasteiger partial charge in [0, 0.05) is 18.2 Å². The lowest BCUT2D eigenvalue weighted by molar-refractivity contribution is 0.124. The van der Waals surface area contributed by atoms with Crippen molar-refractivity contribution >= 4 is 34.2 Å². The molecule has 104 valence electrons. The number of benzene rings is 1. The van der Waals surface area contributed by atoms with Gasteiger partial charge in [-0.2, -0.15) is 0 Å². The summed E-state index contributed by atoms with van der Waals surface area (Å²) in [5.41, 5.74) is 1.94. The summed E-state index contributed by atoms with van der Waals surface area (Å²) < 4.78 is 7.68. The second kappa shape index (κ2) is 7.13. The maximum Gasteiger partial charge on any atom is 0.124 e. The molecule has 0 saturated carbocycles. The van der Waals surface area contributed by atoms with E-state index in [-0.39, 0.29) is 0 Å². The number of halogens is 2. The molecule has 1 aromatic carbocycles. The van der Waals surface area contributed by atoms with Crippen LogP contribution < -0.4 is 0 Å². The number of ether oxygens (including phenoxy) is 1. The van der Waals surface area contributed by atoms with Gasteiger partial charge in [-0.3, -0.25) is 0 Å². The van der Waals surface area contributed by atoms with E-state index in [0.717, 1.165) is 42.9 Å². The number of alkyl halides is 1. The molecule has 0 radical (unpaired) electrons. The van der Waals surface area contributed by atoms with Crippen LogP contribution in [-0.4, -0.2) is 22.8 Å². The topological polar surface area (TPSA) is 27.1 Å². The van der Waals surface area contributed by atoms with Crippen molar-refractivity contribution in [1.82, 2.24) is 9.55 Å². The molecule has 2 aromatic rings. The molecule has 0 atom stereocenters. The summed E-state index contributed by atoms with van der Waals surface area (Å²) in [6.45, 7) is 4.38. The Morgan fingerprint density at radius 1 is 1.32 bits per heavy atom. The summed E-state index contributed by atoms with van der Waals surface area (Å²) in [4.78, 5) is 4.50. The number of fused-ring (bicyclic) bond motifs is 1. The Morgan fingerprint density at radius 2 is 2.16 bits per heavy atom. The van der Waals surface area contributed by atoms with Crippen molar-refractivity contribution in [2.24, 2.45) is 0 Å². The Labute approximate surface area is 123 Å².